The van der Waals surface area contributed by atoms with Gasteiger partial charge < -0.3 is 4.74 Å². The van der Waals surface area contributed by atoms with Gasteiger partial charge in [-0.15, -0.1) is 5.10 Å². The van der Waals surface area contributed by atoms with Gasteiger partial charge in [0.25, 0.3) is 5.82 Å². The third-order valence-electron chi connectivity index (χ3n) is 1.21. The number of esters is 1. The minimum absolute atomic E-state index is 0.0195. The monoisotopic (exact) mass is 186 g/mol. The van der Waals surface area contributed by atoms with Crippen molar-refractivity contribution in [1.29, 1.82) is 0 Å². The first-order valence-corrected chi connectivity index (χ1v) is 3.68. The molecule has 0 aromatic carbocycles. The predicted octanol–water partition coefficient (Wildman–Crippen LogP) is -0.628. The van der Waals surface area contributed by atoms with Crippen LogP contribution < -0.4 is 5.90 Å². The van der Waals surface area contributed by atoms with Gasteiger partial charge in [-0.3, -0.25) is 9.94 Å². The Morgan fingerprint density at radius 2 is 2.46 bits per heavy atom. The molecule has 0 aliphatic heterocycles. The summed E-state index contributed by atoms with van der Waals surface area (Å²) in [5.74, 6) is 4.59. The van der Waals surface area contributed by atoms with Crippen LogP contribution in [0, 0.1) is 0 Å². The van der Waals surface area contributed by atoms with Crippen LogP contribution in [0.4, 0.5) is 0 Å². The molecule has 3 N–H and O–H groups in total. The average molecular weight is 186 g/mol. The Morgan fingerprint density at radius 3 is 3.08 bits per heavy atom. The molecule has 1 rings (SSSR count). The van der Waals surface area contributed by atoms with E-state index in [0.29, 0.717) is 5.82 Å². The number of aromatic amines is 1. The summed E-state index contributed by atoms with van der Waals surface area (Å²) in [4.78, 5) is 19.1. The van der Waals surface area contributed by atoms with Crippen LogP contribution >= 0.6 is 0 Å². The van der Waals surface area contributed by atoms with Gasteiger partial charge in [-0.25, -0.2) is 15.7 Å². The number of ether oxygens (including phenoxy) is 1. The van der Waals surface area contributed by atoms with Crippen LogP contribution in [0.1, 0.15) is 23.4 Å². The molecule has 7 heteroatoms. The first-order chi connectivity index (χ1) is 6.27. The van der Waals surface area contributed by atoms with Gasteiger partial charge in [0, 0.05) is 0 Å². The summed E-state index contributed by atoms with van der Waals surface area (Å²) >= 11 is 0. The van der Waals surface area contributed by atoms with Crippen LogP contribution in [-0.2, 0) is 16.2 Å². The van der Waals surface area contributed by atoms with Crippen molar-refractivity contribution in [2.24, 2.45) is 5.90 Å². The van der Waals surface area contributed by atoms with Crippen LogP contribution in [-0.4, -0.2) is 27.8 Å². The minimum Gasteiger partial charge on any atom is -0.460 e. The minimum atomic E-state index is -0.568. The maximum Gasteiger partial charge on any atom is 0.378 e. The molecule has 0 fully saturated rings. The van der Waals surface area contributed by atoms with Crippen molar-refractivity contribution in [1.82, 2.24) is 15.2 Å². The molecule has 0 saturated carbocycles. The van der Waals surface area contributed by atoms with E-state index >= 15 is 0 Å². The summed E-state index contributed by atoms with van der Waals surface area (Å²) in [6.07, 6.45) is 0. The van der Waals surface area contributed by atoms with Gasteiger partial charge in [0.1, 0.15) is 6.61 Å². The van der Waals surface area contributed by atoms with Crippen LogP contribution in [0.5, 0.6) is 0 Å². The molecule has 7 nitrogen and oxygen atoms in total. The van der Waals surface area contributed by atoms with E-state index < -0.39 is 5.97 Å². The zero-order valence-corrected chi connectivity index (χ0v) is 7.11. The smallest absolute Gasteiger partial charge is 0.378 e. The number of aromatic nitrogens is 3. The lowest BCUT2D eigenvalue weighted by atomic mass is 10.6. The highest BCUT2D eigenvalue weighted by Gasteiger charge is 2.12. The lowest BCUT2D eigenvalue weighted by molar-refractivity contribution is 0.0512. The molecule has 0 radical (unpaired) electrons. The molecule has 13 heavy (non-hydrogen) atoms. The molecule has 72 valence electrons. The van der Waals surface area contributed by atoms with E-state index in [1.54, 1.807) is 6.92 Å². The van der Waals surface area contributed by atoms with Gasteiger partial charge in [0.05, 0.1) is 6.61 Å². The van der Waals surface area contributed by atoms with Crippen molar-refractivity contribution in [3.05, 3.63) is 11.6 Å². The summed E-state index contributed by atoms with van der Waals surface area (Å²) in [7, 11) is 0. The number of rotatable bonds is 4. The van der Waals surface area contributed by atoms with Crippen molar-refractivity contribution >= 4 is 5.97 Å². The van der Waals surface area contributed by atoms with E-state index in [1.807, 2.05) is 0 Å². The third-order valence-corrected chi connectivity index (χ3v) is 1.21. The maximum atomic E-state index is 11.0. The quantitative estimate of drug-likeness (QED) is 0.479. The number of hydrogen-bond donors (Lipinski definition) is 2. The second-order valence-electron chi connectivity index (χ2n) is 2.14. The first kappa shape index (κ1) is 9.62. The van der Waals surface area contributed by atoms with E-state index in [4.69, 9.17) is 5.90 Å². The summed E-state index contributed by atoms with van der Waals surface area (Å²) in [6.45, 7) is 2.07. The van der Waals surface area contributed by atoms with E-state index in [-0.39, 0.29) is 19.0 Å². The fourth-order valence-electron chi connectivity index (χ4n) is 0.726. The third kappa shape index (κ3) is 2.49. The lowest BCUT2D eigenvalue weighted by Crippen LogP contribution is -2.07. The zero-order valence-electron chi connectivity index (χ0n) is 7.11. The van der Waals surface area contributed by atoms with E-state index in [0.717, 1.165) is 0 Å². The number of nitrogens with two attached hydrogens (primary N) is 1. The van der Waals surface area contributed by atoms with Crippen LogP contribution in [0.25, 0.3) is 0 Å². The topological polar surface area (TPSA) is 103 Å². The molecule has 1 heterocycles. The molecule has 1 aromatic rings. The van der Waals surface area contributed by atoms with Gasteiger partial charge in [-0.1, -0.05) is 0 Å². The Kier molecular flexibility index (Phi) is 3.35. The molecule has 1 aromatic heterocycles. The standard InChI is InChI=1S/C6H10N4O3/c1-2-12-6(11)5-8-4(3-13-7)9-10-5/h2-3,7H2,1H3,(H,8,9,10). The molecule has 0 unspecified atom stereocenters. The maximum absolute atomic E-state index is 11.0. The van der Waals surface area contributed by atoms with E-state index in [9.17, 15) is 4.79 Å². The SMILES string of the molecule is CCOC(=O)c1n[nH]c(CON)n1. The second-order valence-corrected chi connectivity index (χ2v) is 2.14. The molecular formula is C6H10N4O3. The van der Waals surface area contributed by atoms with Crippen molar-refractivity contribution in [2.75, 3.05) is 6.61 Å². The van der Waals surface area contributed by atoms with Gasteiger partial charge in [0.15, 0.2) is 5.82 Å². The summed E-state index contributed by atoms with van der Waals surface area (Å²) in [6, 6.07) is 0. The Bertz CT molecular complexity index is 285. The average Bonchev–Trinajstić information content (AvgIpc) is 2.54. The Morgan fingerprint density at radius 1 is 1.69 bits per heavy atom. The van der Waals surface area contributed by atoms with Crippen LogP contribution in [0.15, 0.2) is 0 Å². The fourth-order valence-corrected chi connectivity index (χ4v) is 0.726. The van der Waals surface area contributed by atoms with Crippen molar-refractivity contribution in [3.63, 3.8) is 0 Å². The second kappa shape index (κ2) is 4.53. The molecule has 0 spiro atoms. The highest BCUT2D eigenvalue weighted by atomic mass is 16.6. The number of nitrogens with one attached hydrogen (secondary N) is 1. The lowest BCUT2D eigenvalue weighted by Gasteiger charge is -1.94. The Labute approximate surface area is 74.2 Å². The molecule has 0 aliphatic carbocycles. The molecule has 0 aliphatic rings. The van der Waals surface area contributed by atoms with Crippen molar-refractivity contribution in [2.45, 2.75) is 13.5 Å². The highest BCUT2D eigenvalue weighted by Crippen LogP contribution is 1.95. The Hall–Kier alpha value is -1.47. The van der Waals surface area contributed by atoms with Gasteiger partial charge in [-0.05, 0) is 6.92 Å². The van der Waals surface area contributed by atoms with Gasteiger partial charge >= 0.3 is 5.97 Å². The molecule has 0 atom stereocenters. The predicted molar refractivity (Wildman–Crippen MR) is 41.3 cm³/mol. The number of nitrogens with zero attached hydrogens (tertiary/aromatic N) is 2. The molecule has 0 bridgehead atoms. The van der Waals surface area contributed by atoms with E-state index in [2.05, 4.69) is 24.8 Å². The molecule has 0 saturated heterocycles. The molecular weight excluding hydrogens is 176 g/mol. The normalized spacial score (nSPS) is 10.0. The fraction of sp³-hybridized carbons (Fsp3) is 0.500. The van der Waals surface area contributed by atoms with Crippen molar-refractivity contribution in [3.8, 4) is 0 Å². The highest BCUT2D eigenvalue weighted by molar-refractivity contribution is 5.84. The largest absolute Gasteiger partial charge is 0.460 e. The Balaban J connectivity index is 2.62. The van der Waals surface area contributed by atoms with Crippen LogP contribution in [0.2, 0.25) is 0 Å². The van der Waals surface area contributed by atoms with Crippen molar-refractivity contribution < 1.29 is 14.4 Å². The summed E-state index contributed by atoms with van der Waals surface area (Å²) < 4.78 is 4.66. The van der Waals surface area contributed by atoms with Gasteiger partial charge in [-0.2, -0.15) is 0 Å². The first-order valence-electron chi connectivity index (χ1n) is 3.68. The summed E-state index contributed by atoms with van der Waals surface area (Å²) in [5.41, 5.74) is 0. The van der Waals surface area contributed by atoms with Gasteiger partial charge in [0.2, 0.25) is 0 Å². The molecule has 0 amide bonds. The number of carbonyl (C=O) groups is 1. The number of carbonyl (C=O) groups excluding carboxylic acids is 1. The summed E-state index contributed by atoms with van der Waals surface area (Å²) in [5, 5.41) is 6.09. The number of H-pyrrole nitrogens is 1. The van der Waals surface area contributed by atoms with Crippen LogP contribution in [0.3, 0.4) is 0 Å². The zero-order chi connectivity index (χ0) is 9.68. The number of hydrogen-bond acceptors (Lipinski definition) is 6. The van der Waals surface area contributed by atoms with E-state index in [1.165, 1.54) is 0 Å².